The van der Waals surface area contributed by atoms with Crippen molar-refractivity contribution in [3.63, 3.8) is 0 Å². The summed E-state index contributed by atoms with van der Waals surface area (Å²) in [4.78, 5) is 12.5. The molecule has 0 aliphatic carbocycles. The van der Waals surface area contributed by atoms with E-state index < -0.39 is 12.1 Å². The Bertz CT molecular complexity index is 994. The topological polar surface area (TPSA) is 69.6 Å². The number of carbonyl (C=O) groups is 1. The molecule has 0 aromatic heterocycles. The van der Waals surface area contributed by atoms with E-state index in [2.05, 4.69) is 31.3 Å². The zero-order valence-corrected chi connectivity index (χ0v) is 46.7. The van der Waals surface area contributed by atoms with Gasteiger partial charge >= 0.3 is 0 Å². The Hall–Kier alpha value is -1.13. The molecule has 0 bridgehead atoms. The van der Waals surface area contributed by atoms with Crippen molar-refractivity contribution in [1.82, 2.24) is 5.32 Å². The van der Waals surface area contributed by atoms with Crippen LogP contribution in [0.5, 0.6) is 0 Å². The summed E-state index contributed by atoms with van der Waals surface area (Å²) in [7, 11) is 0. The molecule has 0 saturated heterocycles. The number of amides is 1. The van der Waals surface area contributed by atoms with Crippen LogP contribution < -0.4 is 5.32 Å². The van der Waals surface area contributed by atoms with Crippen LogP contribution in [-0.2, 0) is 4.79 Å². The first-order valence-electron chi connectivity index (χ1n) is 31.6. The van der Waals surface area contributed by atoms with Crippen molar-refractivity contribution in [2.24, 2.45) is 0 Å². The van der Waals surface area contributed by atoms with E-state index in [1.165, 1.54) is 315 Å². The van der Waals surface area contributed by atoms with Gasteiger partial charge in [0.15, 0.2) is 0 Å². The summed E-state index contributed by atoms with van der Waals surface area (Å²) >= 11 is 0. The van der Waals surface area contributed by atoms with Gasteiger partial charge in [-0.2, -0.15) is 0 Å². The van der Waals surface area contributed by atoms with Crippen LogP contribution in [0.4, 0.5) is 0 Å². The van der Waals surface area contributed by atoms with E-state index >= 15 is 0 Å². The average Bonchev–Trinajstić information content (AvgIpc) is 3.34. The van der Waals surface area contributed by atoms with Gasteiger partial charge in [0.05, 0.1) is 18.8 Å². The van der Waals surface area contributed by atoms with E-state index in [-0.39, 0.29) is 12.5 Å². The minimum Gasteiger partial charge on any atom is -0.394 e. The SMILES string of the molecule is CCCCCCCCCC/C=C\CCCCCCCCCCCCCCCCCCCC(=O)NC(CO)C(O)/C=C/CCCCCCCCCCCCCCCCCCCCCCCCCCC. The molecule has 68 heavy (non-hydrogen) atoms. The Morgan fingerprint density at radius 3 is 0.809 bits per heavy atom. The zero-order valence-electron chi connectivity index (χ0n) is 46.7. The highest BCUT2D eigenvalue weighted by molar-refractivity contribution is 5.76. The number of unbranched alkanes of at least 4 members (excludes halogenated alkanes) is 50. The highest BCUT2D eigenvalue weighted by Crippen LogP contribution is 2.18. The van der Waals surface area contributed by atoms with Gasteiger partial charge in [-0.1, -0.05) is 334 Å². The molecule has 0 aromatic rings. The highest BCUT2D eigenvalue weighted by Gasteiger charge is 2.18. The molecule has 0 aliphatic heterocycles. The van der Waals surface area contributed by atoms with Crippen LogP contribution in [0, 0.1) is 0 Å². The van der Waals surface area contributed by atoms with Gasteiger partial charge in [-0.05, 0) is 44.9 Å². The van der Waals surface area contributed by atoms with Gasteiger partial charge in [0, 0.05) is 6.42 Å². The van der Waals surface area contributed by atoms with E-state index in [0.717, 1.165) is 25.7 Å². The van der Waals surface area contributed by atoms with E-state index in [1.807, 2.05) is 6.08 Å². The van der Waals surface area contributed by atoms with Gasteiger partial charge in [-0.25, -0.2) is 0 Å². The largest absolute Gasteiger partial charge is 0.394 e. The van der Waals surface area contributed by atoms with Crippen molar-refractivity contribution in [1.29, 1.82) is 0 Å². The van der Waals surface area contributed by atoms with Crippen molar-refractivity contribution in [3.8, 4) is 0 Å². The predicted octanol–water partition coefficient (Wildman–Crippen LogP) is 21.0. The Kier molecular flexibility index (Phi) is 59.2. The number of carbonyl (C=O) groups excluding carboxylic acids is 1. The fourth-order valence-electron chi connectivity index (χ4n) is 10.1. The van der Waals surface area contributed by atoms with Crippen LogP contribution in [0.2, 0.25) is 0 Å². The minimum atomic E-state index is -0.838. The van der Waals surface area contributed by atoms with E-state index in [1.54, 1.807) is 6.08 Å². The summed E-state index contributed by atoms with van der Waals surface area (Å²) in [6.07, 6.45) is 80.9. The third-order valence-corrected chi connectivity index (χ3v) is 14.9. The molecule has 0 heterocycles. The molecule has 2 unspecified atom stereocenters. The number of aliphatic hydroxyl groups excluding tert-OH is 2. The molecule has 0 radical (unpaired) electrons. The maximum Gasteiger partial charge on any atom is 0.220 e. The number of allylic oxidation sites excluding steroid dienone is 3. The molecule has 404 valence electrons. The first-order chi connectivity index (χ1) is 33.7. The molecule has 0 fully saturated rings. The standard InChI is InChI=1S/C64H125NO3/c1-3-5-7-9-11-13-15-17-19-21-23-25-27-29-31-32-34-36-38-40-42-44-46-48-50-52-54-56-58-60-64(68)65-62(61-66)63(67)59-57-55-53-51-49-47-45-43-41-39-37-35-33-30-28-26-24-22-20-18-16-14-12-10-8-6-4-2/h21,23,57,59,62-63,66-67H,3-20,22,24-56,58,60-61H2,1-2H3,(H,65,68)/b23-21-,59-57+. The maximum atomic E-state index is 12.5. The van der Waals surface area contributed by atoms with Crippen LogP contribution in [0.1, 0.15) is 361 Å². The predicted molar refractivity (Wildman–Crippen MR) is 304 cm³/mol. The summed E-state index contributed by atoms with van der Waals surface area (Å²) < 4.78 is 0. The van der Waals surface area contributed by atoms with Gasteiger partial charge in [-0.3, -0.25) is 4.79 Å². The van der Waals surface area contributed by atoms with Gasteiger partial charge in [-0.15, -0.1) is 0 Å². The van der Waals surface area contributed by atoms with Gasteiger partial charge in [0.25, 0.3) is 0 Å². The molecule has 1 amide bonds. The lowest BCUT2D eigenvalue weighted by atomic mass is 10.0. The summed E-state index contributed by atoms with van der Waals surface area (Å²) in [6, 6.07) is -0.621. The van der Waals surface area contributed by atoms with Crippen LogP contribution in [0.15, 0.2) is 24.3 Å². The van der Waals surface area contributed by atoms with Crippen molar-refractivity contribution in [2.75, 3.05) is 6.61 Å². The first-order valence-corrected chi connectivity index (χ1v) is 31.6. The van der Waals surface area contributed by atoms with Crippen molar-refractivity contribution in [3.05, 3.63) is 24.3 Å². The second kappa shape index (κ2) is 60.2. The quantitative estimate of drug-likeness (QED) is 0.0420. The van der Waals surface area contributed by atoms with Gasteiger partial charge in [0.1, 0.15) is 0 Å². The molecular formula is C64H125NO3. The Morgan fingerprint density at radius 2 is 0.559 bits per heavy atom. The molecule has 0 spiro atoms. The maximum absolute atomic E-state index is 12.5. The molecule has 0 saturated carbocycles. The zero-order chi connectivity index (χ0) is 49.2. The Morgan fingerprint density at radius 1 is 0.338 bits per heavy atom. The first kappa shape index (κ1) is 66.9. The Balaban J connectivity index is 3.43. The van der Waals surface area contributed by atoms with Crippen LogP contribution in [0.3, 0.4) is 0 Å². The van der Waals surface area contributed by atoms with Crippen molar-refractivity contribution in [2.45, 2.75) is 373 Å². The molecule has 2 atom stereocenters. The summed E-state index contributed by atoms with van der Waals surface area (Å²) in [5, 5.41) is 23.3. The smallest absolute Gasteiger partial charge is 0.220 e. The summed E-state index contributed by atoms with van der Waals surface area (Å²) in [5.74, 6) is -0.0561. The third-order valence-electron chi connectivity index (χ3n) is 14.9. The monoisotopic (exact) mass is 956 g/mol. The average molecular weight is 957 g/mol. The normalized spacial score (nSPS) is 12.8. The molecule has 4 heteroatoms. The number of aliphatic hydroxyl groups is 2. The molecule has 4 nitrogen and oxygen atoms in total. The number of nitrogens with one attached hydrogen (secondary N) is 1. The van der Waals surface area contributed by atoms with E-state index in [4.69, 9.17) is 0 Å². The second-order valence-corrected chi connectivity index (χ2v) is 21.8. The van der Waals surface area contributed by atoms with E-state index in [0.29, 0.717) is 6.42 Å². The number of hydrogen-bond donors (Lipinski definition) is 3. The van der Waals surface area contributed by atoms with Crippen LogP contribution >= 0.6 is 0 Å². The summed E-state index contributed by atoms with van der Waals surface area (Å²) in [6.45, 7) is 4.35. The molecule has 0 rings (SSSR count). The second-order valence-electron chi connectivity index (χ2n) is 21.8. The van der Waals surface area contributed by atoms with Gasteiger partial charge < -0.3 is 15.5 Å². The van der Waals surface area contributed by atoms with Crippen molar-refractivity contribution < 1.29 is 15.0 Å². The van der Waals surface area contributed by atoms with Gasteiger partial charge in [0.2, 0.25) is 5.91 Å². The third kappa shape index (κ3) is 55.8. The van der Waals surface area contributed by atoms with E-state index in [9.17, 15) is 15.0 Å². The molecule has 0 aromatic carbocycles. The lowest BCUT2D eigenvalue weighted by molar-refractivity contribution is -0.123. The fourth-order valence-corrected chi connectivity index (χ4v) is 10.1. The molecular weight excluding hydrogens is 831 g/mol. The fraction of sp³-hybridized carbons (Fsp3) is 0.922. The Labute approximate surface area is 428 Å². The minimum absolute atomic E-state index is 0.0561. The number of hydrogen-bond acceptors (Lipinski definition) is 3. The van der Waals surface area contributed by atoms with Crippen LogP contribution in [0.25, 0.3) is 0 Å². The lowest BCUT2D eigenvalue weighted by Gasteiger charge is -2.20. The molecule has 3 N–H and O–H groups in total. The van der Waals surface area contributed by atoms with Crippen LogP contribution in [-0.4, -0.2) is 34.9 Å². The number of rotatable bonds is 59. The lowest BCUT2D eigenvalue weighted by Crippen LogP contribution is -2.45. The summed E-state index contributed by atoms with van der Waals surface area (Å²) in [5.41, 5.74) is 0. The van der Waals surface area contributed by atoms with Crippen molar-refractivity contribution >= 4 is 5.91 Å². The molecule has 0 aliphatic rings. The highest BCUT2D eigenvalue weighted by atomic mass is 16.3.